The smallest absolute Gasteiger partial charge is 0.135 e. The number of hydrogen-bond donors (Lipinski definition) is 0. The van der Waals surface area contributed by atoms with Gasteiger partial charge in [0.25, 0.3) is 0 Å². The fourth-order valence-electron chi connectivity index (χ4n) is 2.94. The van der Waals surface area contributed by atoms with Gasteiger partial charge in [-0.1, -0.05) is 38.0 Å². The lowest BCUT2D eigenvalue weighted by Gasteiger charge is -2.37. The van der Waals surface area contributed by atoms with Gasteiger partial charge in [-0.25, -0.2) is 0 Å². The number of hydrogen-bond acceptors (Lipinski definition) is 0. The lowest BCUT2D eigenvalue weighted by Crippen LogP contribution is -3.00. The normalized spacial score (nSPS) is 11.2. The average Bonchev–Trinajstić information content (AvgIpc) is 2.41. The van der Waals surface area contributed by atoms with Crippen LogP contribution in [-0.2, 0) is 0 Å². The Balaban J connectivity index is 0.00000324. The number of nitrogens with zero attached hydrogens (tertiary/aromatic N) is 1. The second-order valence-electron chi connectivity index (χ2n) is 5.35. The summed E-state index contributed by atoms with van der Waals surface area (Å²) in [7, 11) is 0. The molecule has 0 aliphatic rings. The van der Waals surface area contributed by atoms with Crippen LogP contribution in [0.4, 0.5) is 5.69 Å². The van der Waals surface area contributed by atoms with Crippen LogP contribution >= 0.6 is 0 Å². The molecule has 0 saturated carbocycles. The summed E-state index contributed by atoms with van der Waals surface area (Å²) in [5.41, 5.74) is 2.97. The number of benzene rings is 1. The number of quaternary nitrogens is 1. The Labute approximate surface area is 126 Å². The van der Waals surface area contributed by atoms with E-state index in [0.29, 0.717) is 0 Å². The Bertz CT molecular complexity index is 345. The van der Waals surface area contributed by atoms with Crippen molar-refractivity contribution < 1.29 is 12.4 Å². The maximum absolute atomic E-state index is 2.33. The molecule has 1 aromatic carbocycles. The highest BCUT2D eigenvalue weighted by Crippen LogP contribution is 2.27. The molecular formula is C17H30ClN. The Morgan fingerprint density at radius 2 is 1.53 bits per heavy atom. The van der Waals surface area contributed by atoms with E-state index in [-0.39, 0.29) is 12.4 Å². The van der Waals surface area contributed by atoms with Crippen molar-refractivity contribution in [2.24, 2.45) is 0 Å². The van der Waals surface area contributed by atoms with Crippen molar-refractivity contribution in [3.8, 4) is 0 Å². The summed E-state index contributed by atoms with van der Waals surface area (Å²) >= 11 is 0. The van der Waals surface area contributed by atoms with Crippen LogP contribution in [0.3, 0.4) is 0 Å². The molecule has 0 aromatic heterocycles. The first kappa shape index (κ1) is 18.5. The molecule has 2 heteroatoms. The summed E-state index contributed by atoms with van der Waals surface area (Å²) in [4.78, 5) is 0. The van der Waals surface area contributed by atoms with Crippen molar-refractivity contribution in [3.63, 3.8) is 0 Å². The molecule has 1 aromatic rings. The number of para-hydroxylation sites is 1. The second-order valence-corrected chi connectivity index (χ2v) is 5.35. The summed E-state index contributed by atoms with van der Waals surface area (Å²) in [6, 6.07) is 8.91. The molecule has 0 aliphatic carbocycles. The second kappa shape index (κ2) is 9.39. The van der Waals surface area contributed by atoms with E-state index >= 15 is 0 Å². The lowest BCUT2D eigenvalue weighted by atomic mass is 10.1. The number of unbranched alkanes of at least 4 members (excludes halogenated alkanes) is 3. The monoisotopic (exact) mass is 283 g/mol. The van der Waals surface area contributed by atoms with Gasteiger partial charge in [-0.05, 0) is 39.7 Å². The molecule has 0 atom stereocenters. The summed E-state index contributed by atoms with van der Waals surface area (Å²) in [6.45, 7) is 12.9. The quantitative estimate of drug-likeness (QED) is 0.505. The van der Waals surface area contributed by atoms with Crippen molar-refractivity contribution in [2.75, 3.05) is 19.6 Å². The van der Waals surface area contributed by atoms with Crippen molar-refractivity contribution in [3.05, 3.63) is 29.8 Å². The molecule has 110 valence electrons. The fraction of sp³-hybridized carbons (Fsp3) is 0.647. The van der Waals surface area contributed by atoms with E-state index in [2.05, 4.69) is 52.0 Å². The maximum Gasteiger partial charge on any atom is 0.135 e. The fourth-order valence-corrected chi connectivity index (χ4v) is 2.94. The number of aryl methyl sites for hydroxylation is 1. The minimum atomic E-state index is 0. The molecule has 0 spiro atoms. The highest BCUT2D eigenvalue weighted by atomic mass is 35.5. The van der Waals surface area contributed by atoms with E-state index < -0.39 is 0 Å². The zero-order valence-corrected chi connectivity index (χ0v) is 13.8. The minimum absolute atomic E-state index is 0. The molecule has 0 aliphatic heterocycles. The summed E-state index contributed by atoms with van der Waals surface area (Å²) in [6.07, 6.45) is 5.43. The lowest BCUT2D eigenvalue weighted by molar-refractivity contribution is -0.00000402. The van der Waals surface area contributed by atoms with Gasteiger partial charge in [0.1, 0.15) is 5.69 Å². The zero-order chi connectivity index (χ0) is 13.4. The molecule has 19 heavy (non-hydrogen) atoms. The predicted molar refractivity (Wildman–Crippen MR) is 83.1 cm³/mol. The number of halogens is 1. The first-order valence-corrected chi connectivity index (χ1v) is 7.62. The van der Waals surface area contributed by atoms with Gasteiger partial charge in [0, 0.05) is 5.56 Å². The zero-order valence-electron chi connectivity index (χ0n) is 13.1. The van der Waals surface area contributed by atoms with Crippen LogP contribution in [0.2, 0.25) is 0 Å². The van der Waals surface area contributed by atoms with Gasteiger partial charge in [-0.15, -0.1) is 0 Å². The van der Waals surface area contributed by atoms with Crippen molar-refractivity contribution in [1.29, 1.82) is 0 Å². The van der Waals surface area contributed by atoms with Crippen LogP contribution in [0, 0.1) is 6.92 Å². The summed E-state index contributed by atoms with van der Waals surface area (Å²) < 4.78 is 1.15. The first-order chi connectivity index (χ1) is 8.70. The Morgan fingerprint density at radius 3 is 2.05 bits per heavy atom. The topological polar surface area (TPSA) is 0 Å². The Kier molecular flexibility index (Phi) is 9.12. The van der Waals surface area contributed by atoms with Crippen LogP contribution in [-0.4, -0.2) is 19.6 Å². The SMILES string of the molecule is CCCCCC[N+](CC)(CC)c1ccccc1C.[Cl-]. The largest absolute Gasteiger partial charge is 1.00 e. The van der Waals surface area contributed by atoms with Crippen LogP contribution in [0.25, 0.3) is 0 Å². The van der Waals surface area contributed by atoms with Crippen LogP contribution in [0.5, 0.6) is 0 Å². The Morgan fingerprint density at radius 1 is 0.895 bits per heavy atom. The van der Waals surface area contributed by atoms with Crippen molar-refractivity contribution in [2.45, 2.75) is 53.4 Å². The van der Waals surface area contributed by atoms with Gasteiger partial charge in [0.2, 0.25) is 0 Å². The van der Waals surface area contributed by atoms with E-state index in [1.165, 1.54) is 56.6 Å². The standard InChI is InChI=1S/C17H30N.ClH/c1-5-8-9-12-15-18(6-2,7-3)17-14-11-10-13-16(17)4;/h10-11,13-14H,5-9,12,15H2,1-4H3;1H/q+1;/p-1. The highest BCUT2D eigenvalue weighted by Gasteiger charge is 2.27. The summed E-state index contributed by atoms with van der Waals surface area (Å²) in [5, 5.41) is 0. The minimum Gasteiger partial charge on any atom is -1.00 e. The van der Waals surface area contributed by atoms with E-state index in [9.17, 15) is 0 Å². The molecule has 1 nitrogen and oxygen atoms in total. The van der Waals surface area contributed by atoms with E-state index in [1.807, 2.05) is 0 Å². The van der Waals surface area contributed by atoms with E-state index in [0.717, 1.165) is 4.48 Å². The van der Waals surface area contributed by atoms with Crippen molar-refractivity contribution in [1.82, 2.24) is 4.48 Å². The van der Waals surface area contributed by atoms with Gasteiger partial charge in [0.15, 0.2) is 0 Å². The van der Waals surface area contributed by atoms with E-state index in [4.69, 9.17) is 0 Å². The van der Waals surface area contributed by atoms with Gasteiger partial charge in [-0.2, -0.15) is 0 Å². The summed E-state index contributed by atoms with van der Waals surface area (Å²) in [5.74, 6) is 0. The maximum atomic E-state index is 2.33. The first-order valence-electron chi connectivity index (χ1n) is 7.62. The van der Waals surface area contributed by atoms with Crippen LogP contribution < -0.4 is 16.9 Å². The Hall–Kier alpha value is -0.530. The third kappa shape index (κ3) is 4.81. The van der Waals surface area contributed by atoms with Crippen LogP contribution in [0.1, 0.15) is 52.0 Å². The third-order valence-electron chi connectivity index (χ3n) is 4.28. The molecular weight excluding hydrogens is 254 g/mol. The molecule has 0 heterocycles. The van der Waals surface area contributed by atoms with Gasteiger partial charge >= 0.3 is 0 Å². The molecule has 0 bridgehead atoms. The molecule has 0 saturated heterocycles. The van der Waals surface area contributed by atoms with Gasteiger partial charge in [-0.3, -0.25) is 4.48 Å². The van der Waals surface area contributed by atoms with E-state index in [1.54, 1.807) is 0 Å². The molecule has 0 N–H and O–H groups in total. The third-order valence-corrected chi connectivity index (χ3v) is 4.28. The van der Waals surface area contributed by atoms with Gasteiger partial charge < -0.3 is 12.4 Å². The van der Waals surface area contributed by atoms with Crippen LogP contribution in [0.15, 0.2) is 24.3 Å². The number of rotatable bonds is 8. The molecule has 0 radical (unpaired) electrons. The van der Waals surface area contributed by atoms with Crippen molar-refractivity contribution >= 4 is 5.69 Å². The molecule has 0 unspecified atom stereocenters. The molecule has 0 fully saturated rings. The molecule has 1 rings (SSSR count). The highest BCUT2D eigenvalue weighted by molar-refractivity contribution is 5.49. The average molecular weight is 284 g/mol. The van der Waals surface area contributed by atoms with Gasteiger partial charge in [0.05, 0.1) is 19.6 Å². The predicted octanol–water partition coefficient (Wildman–Crippen LogP) is 1.93. The molecule has 0 amide bonds.